The smallest absolute Gasteiger partial charge is 0.227 e. The van der Waals surface area contributed by atoms with Crippen LogP contribution in [0.1, 0.15) is 5.56 Å². The Morgan fingerprint density at radius 3 is 2.52 bits per heavy atom. The maximum Gasteiger partial charge on any atom is 0.227 e. The van der Waals surface area contributed by atoms with E-state index in [4.69, 9.17) is 4.42 Å². The second-order valence-electron chi connectivity index (χ2n) is 6.43. The van der Waals surface area contributed by atoms with Crippen LogP contribution in [0.2, 0.25) is 0 Å². The zero-order chi connectivity index (χ0) is 18.8. The van der Waals surface area contributed by atoms with E-state index >= 15 is 0 Å². The average Bonchev–Trinajstić information content (AvgIpc) is 3.11. The molecule has 1 heterocycles. The molecule has 27 heavy (non-hydrogen) atoms. The molecule has 0 aliphatic carbocycles. The van der Waals surface area contributed by atoms with Gasteiger partial charge in [-0.1, -0.05) is 12.1 Å². The van der Waals surface area contributed by atoms with Crippen molar-refractivity contribution in [2.75, 3.05) is 19.0 Å². The summed E-state index contributed by atoms with van der Waals surface area (Å²) in [4.78, 5) is 11.1. The summed E-state index contributed by atoms with van der Waals surface area (Å²) in [5, 5.41) is 9.82. The van der Waals surface area contributed by atoms with Crippen molar-refractivity contribution in [3.63, 3.8) is 0 Å². The molecule has 0 bridgehead atoms. The molecule has 0 aliphatic heterocycles. The number of aliphatic imine (C=N–C) groups is 1. The maximum atomic E-state index is 9.82. The van der Waals surface area contributed by atoms with Crippen molar-refractivity contribution in [2.45, 2.75) is 0 Å². The third-order valence-electron chi connectivity index (χ3n) is 4.29. The van der Waals surface area contributed by atoms with E-state index in [1.54, 1.807) is 18.3 Å². The summed E-state index contributed by atoms with van der Waals surface area (Å²) in [5.41, 5.74) is 4.91. The first-order valence-electron chi connectivity index (χ1n) is 8.60. The highest BCUT2D eigenvalue weighted by atomic mass is 16.3. The minimum absolute atomic E-state index is 0.201. The normalized spacial score (nSPS) is 11.3. The Labute approximate surface area is 157 Å². The van der Waals surface area contributed by atoms with E-state index in [2.05, 4.69) is 9.98 Å². The van der Waals surface area contributed by atoms with Gasteiger partial charge >= 0.3 is 0 Å². The molecule has 0 amide bonds. The molecular formula is C22H19N3O2. The van der Waals surface area contributed by atoms with Crippen molar-refractivity contribution in [2.24, 2.45) is 4.99 Å². The number of nitrogens with zero attached hydrogens (tertiary/aromatic N) is 3. The minimum Gasteiger partial charge on any atom is -0.507 e. The lowest BCUT2D eigenvalue weighted by molar-refractivity contribution is 0.474. The predicted molar refractivity (Wildman–Crippen MR) is 109 cm³/mol. The van der Waals surface area contributed by atoms with Crippen molar-refractivity contribution >= 4 is 28.7 Å². The first-order chi connectivity index (χ1) is 13.1. The number of aromatic hydroxyl groups is 1. The monoisotopic (exact) mass is 357 g/mol. The van der Waals surface area contributed by atoms with Gasteiger partial charge in [-0.2, -0.15) is 0 Å². The second-order valence-corrected chi connectivity index (χ2v) is 6.43. The third kappa shape index (κ3) is 3.53. The Bertz CT molecular complexity index is 1110. The van der Waals surface area contributed by atoms with Gasteiger partial charge in [0.05, 0.1) is 5.69 Å². The van der Waals surface area contributed by atoms with E-state index in [9.17, 15) is 5.11 Å². The fourth-order valence-corrected chi connectivity index (χ4v) is 2.76. The zero-order valence-corrected chi connectivity index (χ0v) is 15.1. The summed E-state index contributed by atoms with van der Waals surface area (Å²) >= 11 is 0. The van der Waals surface area contributed by atoms with Crippen molar-refractivity contribution in [1.82, 2.24) is 4.98 Å². The number of phenolic OH excluding ortho intramolecular Hbond substituents is 1. The van der Waals surface area contributed by atoms with E-state index in [1.807, 2.05) is 73.6 Å². The number of benzene rings is 3. The number of phenols is 1. The van der Waals surface area contributed by atoms with Crippen molar-refractivity contribution in [1.29, 1.82) is 0 Å². The molecule has 0 spiro atoms. The molecule has 4 aromatic rings. The number of hydrogen-bond donors (Lipinski definition) is 1. The summed E-state index contributed by atoms with van der Waals surface area (Å²) < 4.78 is 5.87. The van der Waals surface area contributed by atoms with Crippen LogP contribution in [-0.4, -0.2) is 30.4 Å². The van der Waals surface area contributed by atoms with E-state index < -0.39 is 0 Å². The molecule has 0 aliphatic rings. The molecule has 3 aromatic carbocycles. The molecule has 134 valence electrons. The molecule has 1 N–H and O–H groups in total. The summed E-state index contributed by atoms with van der Waals surface area (Å²) in [5.74, 6) is 0.782. The first kappa shape index (κ1) is 16.8. The van der Waals surface area contributed by atoms with Crippen molar-refractivity contribution in [3.05, 3.63) is 72.3 Å². The topological polar surface area (TPSA) is 61.9 Å². The standard InChI is InChI=1S/C22H19N3O2/c1-25(2)18-10-7-15(8-11-18)22-24-19-13-17(9-12-21(19)27-22)23-14-16-5-3-4-6-20(16)26/h3-14,26H,1-2H3. The Kier molecular flexibility index (Phi) is 4.34. The summed E-state index contributed by atoms with van der Waals surface area (Å²) in [7, 11) is 4.01. The molecule has 5 heteroatoms. The minimum atomic E-state index is 0.201. The number of para-hydroxylation sites is 1. The van der Waals surface area contributed by atoms with Crippen LogP contribution < -0.4 is 4.90 Å². The van der Waals surface area contributed by atoms with E-state index in [1.165, 1.54) is 0 Å². The number of rotatable bonds is 4. The maximum absolute atomic E-state index is 9.82. The van der Waals surface area contributed by atoms with Crippen LogP contribution >= 0.6 is 0 Å². The van der Waals surface area contributed by atoms with Gasteiger partial charge in [-0.15, -0.1) is 0 Å². The molecule has 4 rings (SSSR count). The van der Waals surface area contributed by atoms with Crippen LogP contribution in [0.25, 0.3) is 22.6 Å². The van der Waals surface area contributed by atoms with Gasteiger partial charge in [-0.3, -0.25) is 4.99 Å². The van der Waals surface area contributed by atoms with Gasteiger partial charge in [-0.25, -0.2) is 4.98 Å². The second kappa shape index (κ2) is 6.96. The highest BCUT2D eigenvalue weighted by Crippen LogP contribution is 2.28. The van der Waals surface area contributed by atoms with Gasteiger partial charge < -0.3 is 14.4 Å². The fraction of sp³-hybridized carbons (Fsp3) is 0.0909. The average molecular weight is 357 g/mol. The summed E-state index contributed by atoms with van der Waals surface area (Å²) in [6.07, 6.45) is 1.64. The highest BCUT2D eigenvalue weighted by Gasteiger charge is 2.09. The number of fused-ring (bicyclic) bond motifs is 1. The van der Waals surface area contributed by atoms with Gasteiger partial charge in [0.2, 0.25) is 5.89 Å². The largest absolute Gasteiger partial charge is 0.507 e. The van der Waals surface area contributed by atoms with E-state index in [0.717, 1.165) is 22.5 Å². The summed E-state index contributed by atoms with van der Waals surface area (Å²) in [6, 6.07) is 20.7. The van der Waals surface area contributed by atoms with Crippen LogP contribution in [-0.2, 0) is 0 Å². The van der Waals surface area contributed by atoms with Gasteiger partial charge in [0, 0.05) is 37.1 Å². The molecule has 0 atom stereocenters. The number of hydrogen-bond acceptors (Lipinski definition) is 5. The lowest BCUT2D eigenvalue weighted by atomic mass is 10.2. The Balaban J connectivity index is 1.63. The molecule has 0 saturated heterocycles. The number of oxazole rings is 1. The molecule has 0 saturated carbocycles. The first-order valence-corrected chi connectivity index (χ1v) is 8.60. The van der Waals surface area contributed by atoms with E-state index in [-0.39, 0.29) is 5.75 Å². The fourth-order valence-electron chi connectivity index (χ4n) is 2.76. The molecule has 0 unspecified atom stereocenters. The number of aromatic nitrogens is 1. The third-order valence-corrected chi connectivity index (χ3v) is 4.29. The van der Waals surface area contributed by atoms with Crippen LogP contribution in [0.5, 0.6) is 5.75 Å². The van der Waals surface area contributed by atoms with Crippen LogP contribution in [0.4, 0.5) is 11.4 Å². The van der Waals surface area contributed by atoms with Crippen molar-refractivity contribution in [3.8, 4) is 17.2 Å². The van der Waals surface area contributed by atoms with Gasteiger partial charge in [0.15, 0.2) is 5.58 Å². The molecular weight excluding hydrogens is 338 g/mol. The van der Waals surface area contributed by atoms with Gasteiger partial charge in [0.25, 0.3) is 0 Å². The highest BCUT2D eigenvalue weighted by molar-refractivity contribution is 5.87. The Hall–Kier alpha value is -3.60. The molecule has 5 nitrogen and oxygen atoms in total. The van der Waals surface area contributed by atoms with Crippen molar-refractivity contribution < 1.29 is 9.52 Å². The number of anilines is 1. The van der Waals surface area contributed by atoms with Crippen LogP contribution in [0.3, 0.4) is 0 Å². The SMILES string of the molecule is CN(C)c1ccc(-c2nc3cc(N=Cc4ccccc4O)ccc3o2)cc1. The molecule has 0 radical (unpaired) electrons. The zero-order valence-electron chi connectivity index (χ0n) is 15.1. The molecule has 0 fully saturated rings. The van der Waals surface area contributed by atoms with E-state index in [0.29, 0.717) is 17.0 Å². The lowest BCUT2D eigenvalue weighted by Crippen LogP contribution is -2.07. The lowest BCUT2D eigenvalue weighted by Gasteiger charge is -2.11. The Morgan fingerprint density at radius 1 is 1.00 bits per heavy atom. The predicted octanol–water partition coefficient (Wildman–Crippen LogP) is 5.02. The Morgan fingerprint density at radius 2 is 1.78 bits per heavy atom. The van der Waals surface area contributed by atoms with Gasteiger partial charge in [0.1, 0.15) is 11.3 Å². The van der Waals surface area contributed by atoms with Crippen LogP contribution in [0.15, 0.2) is 76.1 Å². The van der Waals surface area contributed by atoms with Crippen LogP contribution in [0, 0.1) is 0 Å². The quantitative estimate of drug-likeness (QED) is 0.521. The molecule has 1 aromatic heterocycles. The summed E-state index contributed by atoms with van der Waals surface area (Å²) in [6.45, 7) is 0. The van der Waals surface area contributed by atoms with Gasteiger partial charge in [-0.05, 0) is 54.6 Å².